The van der Waals surface area contributed by atoms with Gasteiger partial charge in [-0.05, 0) is 41.5 Å². The van der Waals surface area contributed by atoms with Gasteiger partial charge in [-0.15, -0.1) is 5.10 Å². The summed E-state index contributed by atoms with van der Waals surface area (Å²) in [6.45, 7) is 0. The number of aromatic nitrogens is 4. The summed E-state index contributed by atoms with van der Waals surface area (Å²) in [4.78, 5) is 12.3. The number of tetrazole rings is 1. The van der Waals surface area contributed by atoms with Crippen LogP contribution in [0.25, 0.3) is 5.69 Å². The summed E-state index contributed by atoms with van der Waals surface area (Å²) in [7, 11) is 0. The van der Waals surface area contributed by atoms with Crippen molar-refractivity contribution in [2.75, 3.05) is 5.75 Å². The molecule has 0 atom stereocenters. The summed E-state index contributed by atoms with van der Waals surface area (Å²) in [5.41, 5.74) is -0.279. The molecule has 1 aromatic heterocycles. The third-order valence-electron chi connectivity index (χ3n) is 4.13. The van der Waals surface area contributed by atoms with Gasteiger partial charge in [-0.2, -0.15) is 9.94 Å². The molecule has 0 radical (unpaired) electrons. The molecule has 1 N–H and O–H groups in total. The molecular formula is C16H17FN6OS. The van der Waals surface area contributed by atoms with Crippen LogP contribution in [0, 0.1) is 17.1 Å². The molecule has 0 spiro atoms. The molecule has 7 nitrogen and oxygen atoms in total. The highest BCUT2D eigenvalue weighted by atomic mass is 32.2. The van der Waals surface area contributed by atoms with Crippen LogP contribution in [0.1, 0.15) is 32.1 Å². The summed E-state index contributed by atoms with van der Waals surface area (Å²) >= 11 is 1.14. The number of amides is 1. The van der Waals surface area contributed by atoms with E-state index in [1.807, 2.05) is 0 Å². The molecule has 0 bridgehead atoms. The Kier molecular flexibility index (Phi) is 5.28. The first-order chi connectivity index (χ1) is 12.1. The van der Waals surface area contributed by atoms with Crippen LogP contribution in [-0.4, -0.2) is 37.4 Å². The number of nitrogens with one attached hydrogen (secondary N) is 1. The Labute approximate surface area is 148 Å². The number of carbonyl (C=O) groups excluding carboxylic acids is 1. The summed E-state index contributed by atoms with van der Waals surface area (Å²) in [6.07, 6.45) is 4.34. The number of hydrogen-bond donors (Lipinski definition) is 1. The number of thioether (sulfide) groups is 1. The second kappa shape index (κ2) is 7.61. The molecule has 1 saturated carbocycles. The van der Waals surface area contributed by atoms with E-state index in [0.29, 0.717) is 23.7 Å². The highest BCUT2D eigenvalue weighted by Crippen LogP contribution is 2.28. The number of rotatable bonds is 5. The van der Waals surface area contributed by atoms with Gasteiger partial charge < -0.3 is 5.32 Å². The molecule has 0 saturated heterocycles. The van der Waals surface area contributed by atoms with E-state index in [0.717, 1.165) is 31.0 Å². The van der Waals surface area contributed by atoms with E-state index in [9.17, 15) is 14.4 Å². The summed E-state index contributed by atoms with van der Waals surface area (Å²) in [5, 5.41) is 24.0. The van der Waals surface area contributed by atoms with Gasteiger partial charge in [0.15, 0.2) is 0 Å². The molecule has 0 unspecified atom stereocenters. The minimum absolute atomic E-state index is 0.0825. The lowest BCUT2D eigenvalue weighted by Gasteiger charge is -2.31. The fourth-order valence-corrected chi connectivity index (χ4v) is 3.58. The largest absolute Gasteiger partial charge is 0.337 e. The molecule has 1 heterocycles. The van der Waals surface area contributed by atoms with E-state index in [1.54, 1.807) is 12.1 Å². The number of carbonyl (C=O) groups is 1. The number of hydrogen-bond acceptors (Lipinski definition) is 6. The van der Waals surface area contributed by atoms with E-state index >= 15 is 0 Å². The van der Waals surface area contributed by atoms with Crippen molar-refractivity contribution in [3.8, 4) is 11.8 Å². The topological polar surface area (TPSA) is 96.5 Å². The van der Waals surface area contributed by atoms with Crippen molar-refractivity contribution in [1.82, 2.24) is 25.5 Å². The first kappa shape index (κ1) is 17.4. The zero-order valence-corrected chi connectivity index (χ0v) is 14.3. The fraction of sp³-hybridized carbons (Fsp3) is 0.438. The summed E-state index contributed by atoms with van der Waals surface area (Å²) in [6, 6.07) is 8.14. The molecule has 25 heavy (non-hydrogen) atoms. The number of halogens is 1. The minimum atomic E-state index is -0.760. The van der Waals surface area contributed by atoms with Gasteiger partial charge in [0.25, 0.3) is 0 Å². The maximum absolute atomic E-state index is 13.4. The zero-order valence-electron chi connectivity index (χ0n) is 13.5. The molecular weight excluding hydrogens is 343 g/mol. The minimum Gasteiger partial charge on any atom is -0.337 e. The van der Waals surface area contributed by atoms with E-state index < -0.39 is 11.4 Å². The second-order valence-electron chi connectivity index (χ2n) is 5.94. The maximum atomic E-state index is 13.4. The first-order valence-electron chi connectivity index (χ1n) is 8.01. The Bertz CT molecular complexity index is 796. The molecule has 0 aliphatic heterocycles. The zero-order chi connectivity index (χ0) is 17.7. The van der Waals surface area contributed by atoms with Crippen LogP contribution < -0.4 is 5.32 Å². The van der Waals surface area contributed by atoms with Crippen LogP contribution in [0.2, 0.25) is 0 Å². The highest BCUT2D eigenvalue weighted by Gasteiger charge is 2.33. The molecule has 2 aromatic rings. The van der Waals surface area contributed by atoms with Crippen LogP contribution in [0.15, 0.2) is 29.4 Å². The quantitative estimate of drug-likeness (QED) is 0.822. The Morgan fingerprint density at radius 3 is 2.92 bits per heavy atom. The SMILES string of the molecule is N#CC1(NC(=O)CSc2nnnn2-c2cccc(F)c2)CCCCC1. The predicted molar refractivity (Wildman–Crippen MR) is 89.4 cm³/mol. The monoisotopic (exact) mass is 360 g/mol. The van der Waals surface area contributed by atoms with E-state index in [4.69, 9.17) is 0 Å². The van der Waals surface area contributed by atoms with Gasteiger partial charge in [0.1, 0.15) is 11.4 Å². The summed E-state index contributed by atoms with van der Waals surface area (Å²) < 4.78 is 14.7. The lowest BCUT2D eigenvalue weighted by Crippen LogP contribution is -2.49. The molecule has 1 amide bonds. The lowest BCUT2D eigenvalue weighted by atomic mass is 9.83. The van der Waals surface area contributed by atoms with Gasteiger partial charge in [0.05, 0.1) is 17.5 Å². The maximum Gasteiger partial charge on any atom is 0.231 e. The predicted octanol–water partition coefficient (Wildman–Crippen LogP) is 2.24. The van der Waals surface area contributed by atoms with Crippen molar-refractivity contribution in [3.63, 3.8) is 0 Å². The Balaban J connectivity index is 1.64. The first-order valence-corrected chi connectivity index (χ1v) is 9.00. The van der Waals surface area contributed by atoms with Crippen molar-refractivity contribution in [3.05, 3.63) is 30.1 Å². The molecule has 1 aromatic carbocycles. The van der Waals surface area contributed by atoms with Crippen LogP contribution >= 0.6 is 11.8 Å². The van der Waals surface area contributed by atoms with E-state index in [1.165, 1.54) is 16.8 Å². The van der Waals surface area contributed by atoms with Gasteiger partial charge in [0, 0.05) is 0 Å². The smallest absolute Gasteiger partial charge is 0.231 e. The third kappa shape index (κ3) is 4.14. The normalized spacial score (nSPS) is 16.2. The van der Waals surface area contributed by atoms with E-state index in [2.05, 4.69) is 26.9 Å². The Hall–Kier alpha value is -2.47. The Morgan fingerprint density at radius 1 is 1.40 bits per heavy atom. The Morgan fingerprint density at radius 2 is 2.20 bits per heavy atom. The average Bonchev–Trinajstić information content (AvgIpc) is 3.09. The molecule has 1 fully saturated rings. The van der Waals surface area contributed by atoms with Gasteiger partial charge >= 0.3 is 0 Å². The van der Waals surface area contributed by atoms with Crippen LogP contribution in [0.3, 0.4) is 0 Å². The number of benzene rings is 1. The molecule has 1 aliphatic carbocycles. The molecule has 3 rings (SSSR count). The molecule has 1 aliphatic rings. The summed E-state index contributed by atoms with van der Waals surface area (Å²) in [5.74, 6) is -0.545. The standard InChI is InChI=1S/C16H17FN6OS/c17-12-5-4-6-13(9-12)23-15(20-21-22-23)25-10-14(24)19-16(11-18)7-2-1-3-8-16/h4-6,9H,1-3,7-8,10H2,(H,19,24). The van der Waals surface area contributed by atoms with Crippen LogP contribution in [0.4, 0.5) is 4.39 Å². The molecule has 130 valence electrons. The molecule has 9 heteroatoms. The van der Waals surface area contributed by atoms with Crippen molar-refractivity contribution >= 4 is 17.7 Å². The van der Waals surface area contributed by atoms with E-state index in [-0.39, 0.29) is 11.7 Å². The van der Waals surface area contributed by atoms with Gasteiger partial charge in [-0.1, -0.05) is 37.1 Å². The van der Waals surface area contributed by atoms with Gasteiger partial charge in [0.2, 0.25) is 11.1 Å². The van der Waals surface area contributed by atoms with Gasteiger partial charge in [-0.25, -0.2) is 4.39 Å². The lowest BCUT2D eigenvalue weighted by molar-refractivity contribution is -0.120. The average molecular weight is 360 g/mol. The van der Waals surface area contributed by atoms with Crippen molar-refractivity contribution in [2.45, 2.75) is 42.8 Å². The number of nitrogens with zero attached hydrogens (tertiary/aromatic N) is 5. The third-order valence-corrected chi connectivity index (χ3v) is 5.05. The number of nitriles is 1. The van der Waals surface area contributed by atoms with Crippen molar-refractivity contribution < 1.29 is 9.18 Å². The van der Waals surface area contributed by atoms with Crippen LogP contribution in [-0.2, 0) is 4.79 Å². The second-order valence-corrected chi connectivity index (χ2v) is 6.89. The van der Waals surface area contributed by atoms with Crippen LogP contribution in [0.5, 0.6) is 0 Å². The van der Waals surface area contributed by atoms with Gasteiger partial charge in [-0.3, -0.25) is 4.79 Å². The van der Waals surface area contributed by atoms with Crippen molar-refractivity contribution in [1.29, 1.82) is 5.26 Å². The highest BCUT2D eigenvalue weighted by molar-refractivity contribution is 7.99. The van der Waals surface area contributed by atoms with Crippen molar-refractivity contribution in [2.24, 2.45) is 0 Å². The fourth-order valence-electron chi connectivity index (χ4n) is 2.89.